The molecule has 6 nitrogen and oxygen atoms in total. The number of aromatic nitrogens is 1. The van der Waals surface area contributed by atoms with E-state index >= 15 is 0 Å². The molecule has 3 aromatic carbocycles. The van der Waals surface area contributed by atoms with Gasteiger partial charge < -0.3 is 19.7 Å². The van der Waals surface area contributed by atoms with E-state index < -0.39 is 12.1 Å². The molecule has 4 rings (SSSR count). The Bertz CT molecular complexity index is 1630. The van der Waals surface area contributed by atoms with E-state index in [1.165, 1.54) is 12.5 Å². The minimum atomic E-state index is -1.05. The van der Waals surface area contributed by atoms with Gasteiger partial charge in [-0.2, -0.15) is 0 Å². The molecule has 0 unspecified atom stereocenters. The van der Waals surface area contributed by atoms with Gasteiger partial charge in [-0.15, -0.1) is 0 Å². The van der Waals surface area contributed by atoms with Crippen molar-refractivity contribution in [2.24, 2.45) is 5.92 Å². The van der Waals surface area contributed by atoms with Crippen LogP contribution in [0.4, 0.5) is 0 Å². The van der Waals surface area contributed by atoms with E-state index in [9.17, 15) is 14.7 Å². The number of ether oxygens (including phenoxy) is 1. The second kappa shape index (κ2) is 12.8. The number of hydrogen-bond acceptors (Lipinski definition) is 3. The van der Waals surface area contributed by atoms with Crippen molar-refractivity contribution in [3.05, 3.63) is 99.2 Å². The number of nitrogens with one attached hydrogen (secondary N) is 1. The van der Waals surface area contributed by atoms with Crippen LogP contribution in [-0.2, 0) is 23.2 Å². The first-order chi connectivity index (χ1) is 20.1. The van der Waals surface area contributed by atoms with Crippen molar-refractivity contribution in [2.75, 3.05) is 0 Å². The molecule has 0 radical (unpaired) electrons. The average molecular weight is 603 g/mol. The lowest BCUT2D eigenvalue weighted by molar-refractivity contribution is -0.144. The fraction of sp³-hybridized carbons (Fsp3) is 0.389. The predicted octanol–water partition coefficient (Wildman–Crippen LogP) is 8.49. The molecule has 43 heavy (non-hydrogen) atoms. The highest BCUT2D eigenvalue weighted by Crippen LogP contribution is 2.33. The molecular weight excluding hydrogens is 560 g/mol. The highest BCUT2D eigenvalue weighted by Gasteiger charge is 2.20. The molecule has 0 aliphatic carbocycles. The van der Waals surface area contributed by atoms with Crippen molar-refractivity contribution in [2.45, 2.75) is 85.9 Å². The molecule has 0 aliphatic heterocycles. The largest absolute Gasteiger partial charge is 0.479 e. The van der Waals surface area contributed by atoms with Gasteiger partial charge in [-0.05, 0) is 85.0 Å². The van der Waals surface area contributed by atoms with Gasteiger partial charge in [0.25, 0.3) is 5.91 Å². The Kier molecular flexibility index (Phi) is 9.60. The molecule has 2 atom stereocenters. The molecule has 0 spiro atoms. The minimum Gasteiger partial charge on any atom is -0.479 e. The zero-order valence-corrected chi connectivity index (χ0v) is 27.2. The van der Waals surface area contributed by atoms with Crippen LogP contribution in [0, 0.1) is 12.8 Å². The maximum atomic E-state index is 13.4. The van der Waals surface area contributed by atoms with Crippen LogP contribution in [0.1, 0.15) is 92.8 Å². The Morgan fingerprint density at radius 3 is 2.26 bits per heavy atom. The summed E-state index contributed by atoms with van der Waals surface area (Å²) in [5.41, 5.74) is 7.26. The van der Waals surface area contributed by atoms with Gasteiger partial charge in [0.2, 0.25) is 0 Å². The third kappa shape index (κ3) is 7.42. The van der Waals surface area contributed by atoms with Crippen molar-refractivity contribution in [3.8, 4) is 5.75 Å². The van der Waals surface area contributed by atoms with Gasteiger partial charge in [0.05, 0.1) is 11.1 Å². The van der Waals surface area contributed by atoms with Crippen LogP contribution >= 0.6 is 11.6 Å². The number of aliphatic carboxylic acids is 1. The van der Waals surface area contributed by atoms with E-state index in [2.05, 4.69) is 75.7 Å². The number of hydrogen-bond donors (Lipinski definition) is 2. The first kappa shape index (κ1) is 32.2. The van der Waals surface area contributed by atoms with Gasteiger partial charge in [0.1, 0.15) is 5.75 Å². The van der Waals surface area contributed by atoms with Gasteiger partial charge in [0, 0.05) is 28.7 Å². The number of fused-ring (bicyclic) bond motifs is 1. The Morgan fingerprint density at radius 2 is 1.65 bits per heavy atom. The number of carbonyl (C=O) groups excluding carboxylic acids is 1. The van der Waals surface area contributed by atoms with Gasteiger partial charge in [-0.3, -0.25) is 4.79 Å². The molecule has 228 valence electrons. The Labute approximate surface area is 260 Å². The summed E-state index contributed by atoms with van der Waals surface area (Å²) in [4.78, 5) is 24.8. The summed E-state index contributed by atoms with van der Waals surface area (Å²) in [6, 6.07) is 19.7. The van der Waals surface area contributed by atoms with Crippen molar-refractivity contribution in [1.82, 2.24) is 9.88 Å². The van der Waals surface area contributed by atoms with Crippen molar-refractivity contribution in [1.29, 1.82) is 0 Å². The molecule has 7 heteroatoms. The zero-order valence-electron chi connectivity index (χ0n) is 26.4. The maximum Gasteiger partial charge on any atom is 0.344 e. The number of nitrogens with zero attached hydrogens (tertiary/aromatic N) is 1. The zero-order chi connectivity index (χ0) is 31.6. The molecule has 0 saturated heterocycles. The fourth-order valence-electron chi connectivity index (χ4n) is 5.34. The first-order valence-corrected chi connectivity index (χ1v) is 15.2. The topological polar surface area (TPSA) is 80.6 Å². The van der Waals surface area contributed by atoms with E-state index in [0.717, 1.165) is 39.8 Å². The quantitative estimate of drug-likeness (QED) is 0.191. The molecule has 4 aromatic rings. The van der Waals surface area contributed by atoms with E-state index in [1.54, 1.807) is 6.07 Å². The number of halogens is 1. The summed E-state index contributed by atoms with van der Waals surface area (Å²) in [5, 5.41) is 13.9. The second-order valence-electron chi connectivity index (χ2n) is 12.9. The van der Waals surface area contributed by atoms with Crippen LogP contribution in [0.5, 0.6) is 5.75 Å². The maximum absolute atomic E-state index is 13.4. The number of amides is 1. The Hall–Kier alpha value is -3.77. The standard InChI is InChI=1S/C36H43ClN2O4/c1-21(2)20-39-23(4)30(17-25-9-16-31(37)33(18-25)43-24(5)35(41)42)29-15-12-27(19-32(29)39)34(40)38-22(3)26-10-13-28(14-11-26)36(6,7)8/h9-16,18-19,21-22,24H,17,20H2,1-8H3,(H,38,40)(H,41,42)/t22-,24+/m0/s1. The number of carboxylic acid groups (broad SMARTS) is 1. The van der Waals surface area contributed by atoms with Crippen molar-refractivity contribution >= 4 is 34.4 Å². The Morgan fingerprint density at radius 1 is 0.977 bits per heavy atom. The van der Waals surface area contributed by atoms with Crippen LogP contribution in [0.3, 0.4) is 0 Å². The van der Waals surface area contributed by atoms with E-state index in [-0.39, 0.29) is 17.4 Å². The number of carbonyl (C=O) groups is 2. The normalized spacial score (nSPS) is 13.3. The van der Waals surface area contributed by atoms with Crippen LogP contribution in [0.2, 0.25) is 5.02 Å². The van der Waals surface area contributed by atoms with Crippen molar-refractivity contribution < 1.29 is 19.4 Å². The van der Waals surface area contributed by atoms with Gasteiger partial charge in [0.15, 0.2) is 6.10 Å². The third-order valence-corrected chi connectivity index (χ3v) is 8.23. The van der Waals surface area contributed by atoms with Crippen LogP contribution in [0.25, 0.3) is 10.9 Å². The smallest absolute Gasteiger partial charge is 0.344 e. The lowest BCUT2D eigenvalue weighted by Crippen LogP contribution is -2.26. The summed E-state index contributed by atoms with van der Waals surface area (Å²) in [5.74, 6) is -0.415. The monoisotopic (exact) mass is 602 g/mol. The molecule has 0 aliphatic rings. The molecule has 0 bridgehead atoms. The van der Waals surface area contributed by atoms with E-state index in [0.29, 0.717) is 28.7 Å². The van der Waals surface area contributed by atoms with Gasteiger partial charge in [-0.1, -0.05) is 82.6 Å². The summed E-state index contributed by atoms with van der Waals surface area (Å²) in [6.07, 6.45) is -0.409. The SMILES string of the molecule is Cc1c(Cc2ccc(Cl)c(O[C@H](C)C(=O)O)c2)c2ccc(C(=O)N[C@@H](C)c3ccc(C(C)(C)C)cc3)cc2n1CC(C)C. The second-order valence-corrected chi connectivity index (χ2v) is 13.3. The molecule has 2 N–H and O–H groups in total. The molecular formula is C36H43ClN2O4. The van der Waals surface area contributed by atoms with Gasteiger partial charge >= 0.3 is 5.97 Å². The molecule has 1 aromatic heterocycles. The highest BCUT2D eigenvalue weighted by atomic mass is 35.5. The molecule has 1 amide bonds. The first-order valence-electron chi connectivity index (χ1n) is 14.9. The number of rotatable bonds is 10. The van der Waals surface area contributed by atoms with Crippen LogP contribution < -0.4 is 10.1 Å². The van der Waals surface area contributed by atoms with Crippen LogP contribution in [0.15, 0.2) is 60.7 Å². The molecule has 0 fully saturated rings. The summed E-state index contributed by atoms with van der Waals surface area (Å²) in [6.45, 7) is 17.3. The fourth-order valence-corrected chi connectivity index (χ4v) is 5.50. The summed E-state index contributed by atoms with van der Waals surface area (Å²) < 4.78 is 7.90. The van der Waals surface area contributed by atoms with E-state index in [4.69, 9.17) is 16.3 Å². The molecule has 0 saturated carbocycles. The Balaban J connectivity index is 1.64. The number of benzene rings is 3. The van der Waals surface area contributed by atoms with Crippen molar-refractivity contribution in [3.63, 3.8) is 0 Å². The van der Waals surface area contributed by atoms with E-state index in [1.807, 2.05) is 37.3 Å². The third-order valence-electron chi connectivity index (χ3n) is 7.92. The van der Waals surface area contributed by atoms with Gasteiger partial charge in [-0.25, -0.2) is 4.79 Å². The van der Waals surface area contributed by atoms with Crippen LogP contribution in [-0.4, -0.2) is 27.7 Å². The lowest BCUT2D eigenvalue weighted by Gasteiger charge is -2.21. The highest BCUT2D eigenvalue weighted by molar-refractivity contribution is 6.32. The average Bonchev–Trinajstić information content (AvgIpc) is 3.19. The minimum absolute atomic E-state index is 0.0743. The predicted molar refractivity (Wildman–Crippen MR) is 175 cm³/mol. The lowest BCUT2D eigenvalue weighted by atomic mass is 9.86. The molecule has 1 heterocycles. The number of carboxylic acids is 1. The summed E-state index contributed by atoms with van der Waals surface area (Å²) >= 11 is 6.32. The summed E-state index contributed by atoms with van der Waals surface area (Å²) in [7, 11) is 0.